The lowest BCUT2D eigenvalue weighted by molar-refractivity contribution is 0.196. The quantitative estimate of drug-likeness (QED) is 0.799. The van der Waals surface area contributed by atoms with Crippen LogP contribution < -0.4 is 14.8 Å². The third-order valence-corrected chi connectivity index (χ3v) is 3.94. The van der Waals surface area contributed by atoms with Crippen molar-refractivity contribution in [3.63, 3.8) is 0 Å². The monoisotopic (exact) mass is 288 g/mol. The van der Waals surface area contributed by atoms with Crippen LogP contribution in [0.25, 0.3) is 0 Å². The van der Waals surface area contributed by atoms with Crippen molar-refractivity contribution in [2.24, 2.45) is 5.92 Å². The van der Waals surface area contributed by atoms with Gasteiger partial charge in [0.2, 0.25) is 0 Å². The van der Waals surface area contributed by atoms with Crippen LogP contribution in [0, 0.1) is 24.2 Å². The first-order valence-electron chi connectivity index (χ1n) is 7.59. The van der Waals surface area contributed by atoms with Crippen LogP contribution in [0.2, 0.25) is 0 Å². The molecule has 1 aromatic rings. The molecule has 1 saturated carbocycles. The maximum atomic E-state index is 9.64. The van der Waals surface area contributed by atoms with E-state index in [2.05, 4.69) is 18.3 Å². The molecular formula is C17H24N2O2. The molecular weight excluding hydrogens is 264 g/mol. The number of aryl methyl sites for hydroxylation is 1. The van der Waals surface area contributed by atoms with Crippen molar-refractivity contribution in [1.82, 2.24) is 5.32 Å². The van der Waals surface area contributed by atoms with Crippen LogP contribution in [0.4, 0.5) is 0 Å². The number of benzene rings is 1. The molecule has 1 fully saturated rings. The molecule has 0 aliphatic heterocycles. The number of ether oxygens (including phenoxy) is 2. The highest BCUT2D eigenvalue weighted by Crippen LogP contribution is 2.40. The second kappa shape index (κ2) is 6.82. The second-order valence-corrected chi connectivity index (χ2v) is 5.73. The average Bonchev–Trinajstić information content (AvgIpc) is 3.34. The van der Waals surface area contributed by atoms with Gasteiger partial charge in [-0.2, -0.15) is 5.26 Å². The molecule has 4 heteroatoms. The highest BCUT2D eigenvalue weighted by molar-refractivity contribution is 5.42. The van der Waals surface area contributed by atoms with Crippen LogP contribution in [0.3, 0.4) is 0 Å². The van der Waals surface area contributed by atoms with Crippen molar-refractivity contribution >= 4 is 0 Å². The van der Waals surface area contributed by atoms with Gasteiger partial charge >= 0.3 is 0 Å². The van der Waals surface area contributed by atoms with E-state index in [-0.39, 0.29) is 0 Å². The van der Waals surface area contributed by atoms with E-state index < -0.39 is 5.54 Å². The van der Waals surface area contributed by atoms with E-state index in [1.54, 1.807) is 7.11 Å². The van der Waals surface area contributed by atoms with E-state index in [0.717, 1.165) is 31.4 Å². The van der Waals surface area contributed by atoms with Crippen molar-refractivity contribution < 1.29 is 9.47 Å². The minimum atomic E-state index is -0.577. The van der Waals surface area contributed by atoms with Gasteiger partial charge in [0.25, 0.3) is 0 Å². The Bertz CT molecular complexity index is 520. The molecule has 0 saturated heterocycles. The van der Waals surface area contributed by atoms with Crippen LogP contribution >= 0.6 is 0 Å². The summed E-state index contributed by atoms with van der Waals surface area (Å²) in [7, 11) is 1.63. The number of rotatable bonds is 8. The average molecular weight is 288 g/mol. The summed E-state index contributed by atoms with van der Waals surface area (Å²) in [5.74, 6) is 1.81. The van der Waals surface area contributed by atoms with Gasteiger partial charge in [0.1, 0.15) is 12.1 Å². The fourth-order valence-corrected chi connectivity index (χ4v) is 2.49. The minimum absolute atomic E-state index is 0.355. The molecule has 2 rings (SSSR count). The Morgan fingerprint density at radius 2 is 2.14 bits per heavy atom. The largest absolute Gasteiger partial charge is 0.493 e. The van der Waals surface area contributed by atoms with E-state index in [4.69, 9.17) is 9.47 Å². The zero-order chi connectivity index (χ0) is 15.3. The molecule has 0 bridgehead atoms. The third kappa shape index (κ3) is 3.68. The lowest BCUT2D eigenvalue weighted by Gasteiger charge is -2.28. The first-order valence-corrected chi connectivity index (χ1v) is 7.59. The van der Waals surface area contributed by atoms with Gasteiger partial charge < -0.3 is 9.47 Å². The second-order valence-electron chi connectivity index (χ2n) is 5.73. The molecule has 1 aromatic carbocycles. The summed E-state index contributed by atoms with van der Waals surface area (Å²) >= 11 is 0. The number of methoxy groups -OCH3 is 1. The maximum Gasteiger partial charge on any atom is 0.161 e. The van der Waals surface area contributed by atoms with Gasteiger partial charge in [0.05, 0.1) is 13.2 Å². The van der Waals surface area contributed by atoms with Crippen LogP contribution in [0.1, 0.15) is 31.7 Å². The van der Waals surface area contributed by atoms with Gasteiger partial charge in [0.15, 0.2) is 11.5 Å². The normalized spacial score (nSPS) is 16.9. The van der Waals surface area contributed by atoms with Gasteiger partial charge in [-0.3, -0.25) is 5.32 Å². The summed E-state index contributed by atoms with van der Waals surface area (Å²) < 4.78 is 11.3. The molecule has 0 heterocycles. The van der Waals surface area contributed by atoms with Crippen LogP contribution in [-0.2, 0) is 0 Å². The molecule has 1 N–H and O–H groups in total. The van der Waals surface area contributed by atoms with E-state index in [1.165, 1.54) is 0 Å². The maximum absolute atomic E-state index is 9.64. The number of nitriles is 1. The molecule has 1 atom stereocenters. The van der Waals surface area contributed by atoms with E-state index in [1.807, 2.05) is 25.1 Å². The summed E-state index contributed by atoms with van der Waals surface area (Å²) in [5.41, 5.74) is 0.545. The Labute approximate surface area is 127 Å². The van der Waals surface area contributed by atoms with E-state index >= 15 is 0 Å². The molecule has 4 nitrogen and oxygen atoms in total. The smallest absolute Gasteiger partial charge is 0.161 e. The first-order chi connectivity index (χ1) is 10.1. The summed E-state index contributed by atoms with van der Waals surface area (Å²) in [4.78, 5) is 0. The van der Waals surface area contributed by atoms with E-state index in [0.29, 0.717) is 24.0 Å². The van der Waals surface area contributed by atoms with Gasteiger partial charge in [-0.1, -0.05) is 13.0 Å². The Balaban J connectivity index is 2.10. The molecule has 0 aromatic heterocycles. The molecule has 114 valence electrons. The molecule has 1 unspecified atom stereocenters. The van der Waals surface area contributed by atoms with Crippen molar-refractivity contribution in [2.75, 3.05) is 20.3 Å². The summed E-state index contributed by atoms with van der Waals surface area (Å²) in [6, 6.07) is 8.29. The minimum Gasteiger partial charge on any atom is -0.493 e. The zero-order valence-electron chi connectivity index (χ0n) is 13.1. The Hall–Kier alpha value is -1.73. The van der Waals surface area contributed by atoms with Gasteiger partial charge in [-0.15, -0.1) is 0 Å². The molecule has 0 spiro atoms. The lowest BCUT2D eigenvalue weighted by Crippen LogP contribution is -2.51. The molecule has 1 aliphatic carbocycles. The Kier molecular flexibility index (Phi) is 5.08. The van der Waals surface area contributed by atoms with Crippen molar-refractivity contribution in [3.05, 3.63) is 23.8 Å². The topological polar surface area (TPSA) is 54.3 Å². The molecule has 0 amide bonds. The summed E-state index contributed by atoms with van der Waals surface area (Å²) in [5, 5.41) is 13.0. The van der Waals surface area contributed by atoms with Gasteiger partial charge in [0, 0.05) is 0 Å². The van der Waals surface area contributed by atoms with Crippen LogP contribution in [0.15, 0.2) is 18.2 Å². The lowest BCUT2D eigenvalue weighted by atomic mass is 9.96. The summed E-state index contributed by atoms with van der Waals surface area (Å²) in [6.45, 7) is 5.30. The predicted molar refractivity (Wildman–Crippen MR) is 82.6 cm³/mol. The molecule has 21 heavy (non-hydrogen) atoms. The fraction of sp³-hybridized carbons (Fsp3) is 0.588. The Morgan fingerprint density at radius 3 is 2.71 bits per heavy atom. The Morgan fingerprint density at radius 1 is 1.38 bits per heavy atom. The van der Waals surface area contributed by atoms with Gasteiger partial charge in [-0.05, 0) is 56.3 Å². The summed E-state index contributed by atoms with van der Waals surface area (Å²) in [6.07, 6.45) is 3.20. The number of hydrogen-bond acceptors (Lipinski definition) is 4. The SMILES string of the molecule is CCCNC(C#N)(COc1ccc(C)cc1OC)C1CC1. The van der Waals surface area contributed by atoms with Crippen LogP contribution in [-0.4, -0.2) is 25.8 Å². The van der Waals surface area contributed by atoms with E-state index in [9.17, 15) is 5.26 Å². The third-order valence-electron chi connectivity index (χ3n) is 3.94. The van der Waals surface area contributed by atoms with Gasteiger partial charge in [-0.25, -0.2) is 0 Å². The van der Waals surface area contributed by atoms with Crippen molar-refractivity contribution in [3.8, 4) is 17.6 Å². The predicted octanol–water partition coefficient (Wildman–Crippen LogP) is 3.05. The highest BCUT2D eigenvalue weighted by Gasteiger charge is 2.46. The number of hydrogen-bond donors (Lipinski definition) is 1. The zero-order valence-corrected chi connectivity index (χ0v) is 13.1. The van der Waals surface area contributed by atoms with Crippen molar-refractivity contribution in [2.45, 2.75) is 38.6 Å². The fourth-order valence-electron chi connectivity index (χ4n) is 2.49. The number of nitrogens with zero attached hydrogens (tertiary/aromatic N) is 1. The molecule has 1 aliphatic rings. The molecule has 0 radical (unpaired) electrons. The van der Waals surface area contributed by atoms with Crippen LogP contribution in [0.5, 0.6) is 11.5 Å². The standard InChI is InChI=1S/C17H24N2O2/c1-4-9-19-17(11-18,14-6-7-14)12-21-15-8-5-13(2)10-16(15)20-3/h5,8,10,14,19H,4,6-7,9,12H2,1-3H3. The van der Waals surface area contributed by atoms with Crippen molar-refractivity contribution in [1.29, 1.82) is 5.26 Å². The number of nitrogens with one attached hydrogen (secondary N) is 1. The highest BCUT2D eigenvalue weighted by atomic mass is 16.5. The first kappa shape index (κ1) is 15.7.